The van der Waals surface area contributed by atoms with Gasteiger partial charge in [0.15, 0.2) is 0 Å². The molecule has 0 bridgehead atoms. The SMILES string of the molecule is CC(C)c1nccc([C@@H](CCCCCCc2ccc3c(n2)NCCC3)CC(=O)O)n1. The van der Waals surface area contributed by atoms with Crippen molar-refractivity contribution in [2.75, 3.05) is 11.9 Å². The van der Waals surface area contributed by atoms with Gasteiger partial charge in [0.2, 0.25) is 0 Å². The Kier molecular flexibility index (Phi) is 8.17. The summed E-state index contributed by atoms with van der Waals surface area (Å²) in [6.07, 6.45) is 10.4. The highest BCUT2D eigenvalue weighted by atomic mass is 16.4. The summed E-state index contributed by atoms with van der Waals surface area (Å²) in [5, 5.41) is 12.7. The fourth-order valence-electron chi connectivity index (χ4n) is 4.02. The summed E-state index contributed by atoms with van der Waals surface area (Å²) < 4.78 is 0. The third-order valence-corrected chi connectivity index (χ3v) is 5.74. The number of aryl methyl sites for hydroxylation is 2. The van der Waals surface area contributed by atoms with Gasteiger partial charge >= 0.3 is 5.97 Å². The van der Waals surface area contributed by atoms with Crippen LogP contribution in [0.15, 0.2) is 24.4 Å². The highest BCUT2D eigenvalue weighted by Crippen LogP contribution is 2.26. The van der Waals surface area contributed by atoms with Crippen LogP contribution in [0, 0.1) is 0 Å². The molecule has 2 aromatic rings. The van der Waals surface area contributed by atoms with E-state index >= 15 is 0 Å². The molecule has 2 N–H and O–H groups in total. The Morgan fingerprint density at radius 1 is 1.13 bits per heavy atom. The summed E-state index contributed by atoms with van der Waals surface area (Å²) in [5.74, 6) is 1.28. The van der Waals surface area contributed by atoms with E-state index in [2.05, 4.69) is 41.3 Å². The van der Waals surface area contributed by atoms with Crippen molar-refractivity contribution in [1.82, 2.24) is 15.0 Å². The fourth-order valence-corrected chi connectivity index (χ4v) is 4.02. The molecule has 6 heteroatoms. The Morgan fingerprint density at radius 3 is 2.77 bits per heavy atom. The van der Waals surface area contributed by atoms with Crippen LogP contribution in [-0.2, 0) is 17.6 Å². The summed E-state index contributed by atoms with van der Waals surface area (Å²) in [5.41, 5.74) is 3.36. The predicted octanol–water partition coefficient (Wildman–Crippen LogP) is 5.10. The van der Waals surface area contributed by atoms with Gasteiger partial charge in [-0.25, -0.2) is 15.0 Å². The first kappa shape index (κ1) is 22.2. The quantitative estimate of drug-likeness (QED) is 0.501. The van der Waals surface area contributed by atoms with E-state index in [0.717, 1.165) is 74.5 Å². The van der Waals surface area contributed by atoms with Gasteiger partial charge in [-0.1, -0.05) is 39.2 Å². The van der Waals surface area contributed by atoms with Gasteiger partial charge in [0.25, 0.3) is 0 Å². The van der Waals surface area contributed by atoms with Crippen molar-refractivity contribution in [1.29, 1.82) is 0 Å². The number of anilines is 1. The second-order valence-corrected chi connectivity index (χ2v) is 8.58. The number of nitrogens with one attached hydrogen (secondary N) is 1. The maximum atomic E-state index is 11.3. The molecule has 1 atom stereocenters. The average Bonchev–Trinajstić information content (AvgIpc) is 2.75. The van der Waals surface area contributed by atoms with Crippen molar-refractivity contribution in [3.8, 4) is 0 Å². The van der Waals surface area contributed by atoms with Gasteiger partial charge in [0.1, 0.15) is 11.6 Å². The number of aromatic nitrogens is 3. The topological polar surface area (TPSA) is 88.0 Å². The van der Waals surface area contributed by atoms with Crippen molar-refractivity contribution in [3.63, 3.8) is 0 Å². The molecule has 1 aliphatic rings. The summed E-state index contributed by atoms with van der Waals surface area (Å²) in [7, 11) is 0. The standard InChI is InChI=1S/C24H34N4O2/c1-17(2)23-26-15-13-21(28-23)19(16-22(29)30)8-5-3-4-6-10-20-12-11-18-9-7-14-25-24(18)27-20/h11-13,15,17,19H,3-10,14,16H2,1-2H3,(H,25,27)(H,29,30)/t19-/m0/s1. The van der Waals surface area contributed by atoms with Crippen molar-refractivity contribution < 1.29 is 9.90 Å². The highest BCUT2D eigenvalue weighted by Gasteiger charge is 2.18. The molecule has 2 aromatic heterocycles. The van der Waals surface area contributed by atoms with Gasteiger partial charge in [-0.3, -0.25) is 4.79 Å². The summed E-state index contributed by atoms with van der Waals surface area (Å²) in [4.78, 5) is 25.0. The molecule has 0 unspecified atom stereocenters. The molecule has 6 nitrogen and oxygen atoms in total. The fraction of sp³-hybridized carbons (Fsp3) is 0.583. The molecule has 0 aliphatic carbocycles. The van der Waals surface area contributed by atoms with Crippen LogP contribution in [0.5, 0.6) is 0 Å². The lowest BCUT2D eigenvalue weighted by molar-refractivity contribution is -0.137. The van der Waals surface area contributed by atoms with E-state index < -0.39 is 5.97 Å². The van der Waals surface area contributed by atoms with Gasteiger partial charge in [0.05, 0.1) is 6.42 Å². The number of nitrogens with zero attached hydrogens (tertiary/aromatic N) is 3. The first-order valence-corrected chi connectivity index (χ1v) is 11.3. The molecule has 0 radical (unpaired) electrons. The summed E-state index contributed by atoms with van der Waals surface area (Å²) in [6.45, 7) is 5.13. The molecule has 0 saturated heterocycles. The van der Waals surface area contributed by atoms with Gasteiger partial charge in [-0.15, -0.1) is 0 Å². The van der Waals surface area contributed by atoms with Crippen LogP contribution in [0.2, 0.25) is 0 Å². The van der Waals surface area contributed by atoms with Crippen molar-refractivity contribution in [3.05, 3.63) is 47.2 Å². The maximum Gasteiger partial charge on any atom is 0.304 e. The van der Waals surface area contributed by atoms with Crippen LogP contribution >= 0.6 is 0 Å². The number of aliphatic carboxylic acids is 1. The maximum absolute atomic E-state index is 11.3. The van der Waals surface area contributed by atoms with Crippen molar-refractivity contribution in [2.45, 2.75) is 83.5 Å². The zero-order chi connectivity index (χ0) is 21.3. The Bertz CT molecular complexity index is 838. The Balaban J connectivity index is 1.44. The van der Waals surface area contributed by atoms with Crippen LogP contribution in [0.25, 0.3) is 0 Å². The van der Waals surface area contributed by atoms with E-state index in [1.165, 1.54) is 12.0 Å². The van der Waals surface area contributed by atoms with E-state index in [-0.39, 0.29) is 18.3 Å². The second-order valence-electron chi connectivity index (χ2n) is 8.58. The van der Waals surface area contributed by atoms with Gasteiger partial charge in [0, 0.05) is 36.0 Å². The highest BCUT2D eigenvalue weighted by molar-refractivity contribution is 5.67. The molecule has 1 aliphatic heterocycles. The van der Waals surface area contributed by atoms with Gasteiger partial charge in [-0.05, 0) is 49.8 Å². The zero-order valence-electron chi connectivity index (χ0n) is 18.2. The monoisotopic (exact) mass is 410 g/mol. The minimum absolute atomic E-state index is 0.0450. The van der Waals surface area contributed by atoms with Crippen LogP contribution in [-0.4, -0.2) is 32.6 Å². The van der Waals surface area contributed by atoms with E-state index in [1.807, 2.05) is 6.07 Å². The van der Waals surface area contributed by atoms with E-state index in [4.69, 9.17) is 4.98 Å². The Hall–Kier alpha value is -2.50. The third kappa shape index (κ3) is 6.51. The average molecular weight is 411 g/mol. The molecular formula is C24H34N4O2. The number of unbranched alkanes of at least 4 members (excludes halogenated alkanes) is 3. The molecule has 162 valence electrons. The summed E-state index contributed by atoms with van der Waals surface area (Å²) >= 11 is 0. The molecule has 0 aromatic carbocycles. The van der Waals surface area contributed by atoms with Crippen LogP contribution in [0.4, 0.5) is 5.82 Å². The lowest BCUT2D eigenvalue weighted by Crippen LogP contribution is -2.14. The second kappa shape index (κ2) is 11.0. The number of carbonyl (C=O) groups is 1. The minimum atomic E-state index is -0.767. The Labute approximate surface area is 179 Å². The predicted molar refractivity (Wildman–Crippen MR) is 119 cm³/mol. The largest absolute Gasteiger partial charge is 0.481 e. The molecule has 0 amide bonds. The zero-order valence-corrected chi connectivity index (χ0v) is 18.2. The lowest BCUT2D eigenvalue weighted by atomic mass is 9.93. The normalized spacial score (nSPS) is 14.2. The van der Waals surface area contributed by atoms with E-state index in [9.17, 15) is 9.90 Å². The first-order chi connectivity index (χ1) is 14.5. The molecule has 0 fully saturated rings. The minimum Gasteiger partial charge on any atom is -0.481 e. The van der Waals surface area contributed by atoms with E-state index in [1.54, 1.807) is 6.20 Å². The molecule has 3 rings (SSSR count). The molecule has 30 heavy (non-hydrogen) atoms. The number of pyridine rings is 1. The Morgan fingerprint density at radius 2 is 1.97 bits per heavy atom. The molecule has 0 saturated carbocycles. The van der Waals surface area contributed by atoms with Crippen molar-refractivity contribution in [2.24, 2.45) is 0 Å². The van der Waals surface area contributed by atoms with Crippen LogP contribution < -0.4 is 5.32 Å². The van der Waals surface area contributed by atoms with Gasteiger partial charge in [-0.2, -0.15) is 0 Å². The smallest absolute Gasteiger partial charge is 0.304 e. The number of hydrogen-bond acceptors (Lipinski definition) is 5. The number of carboxylic acid groups (broad SMARTS) is 1. The first-order valence-electron chi connectivity index (χ1n) is 11.3. The third-order valence-electron chi connectivity index (χ3n) is 5.74. The summed E-state index contributed by atoms with van der Waals surface area (Å²) in [6, 6.07) is 6.25. The van der Waals surface area contributed by atoms with Crippen LogP contribution in [0.1, 0.15) is 93.4 Å². The molecular weight excluding hydrogens is 376 g/mol. The molecule has 0 spiro atoms. The van der Waals surface area contributed by atoms with Crippen molar-refractivity contribution >= 4 is 11.8 Å². The lowest BCUT2D eigenvalue weighted by Gasteiger charge is -2.17. The van der Waals surface area contributed by atoms with Crippen LogP contribution in [0.3, 0.4) is 0 Å². The number of fused-ring (bicyclic) bond motifs is 1. The van der Waals surface area contributed by atoms with E-state index in [0.29, 0.717) is 0 Å². The number of carboxylic acids is 1. The molecule has 3 heterocycles. The number of hydrogen-bond donors (Lipinski definition) is 2. The number of rotatable bonds is 11. The van der Waals surface area contributed by atoms with Gasteiger partial charge < -0.3 is 10.4 Å².